The molecule has 5 nitrogen and oxygen atoms in total. The maximum Gasteiger partial charge on any atom is 0.319 e. The second-order valence-electron chi connectivity index (χ2n) is 6.40. The fourth-order valence-electron chi connectivity index (χ4n) is 3.07. The van der Waals surface area contributed by atoms with Crippen molar-refractivity contribution in [2.45, 2.75) is 25.5 Å². The predicted molar refractivity (Wildman–Crippen MR) is 106 cm³/mol. The van der Waals surface area contributed by atoms with Gasteiger partial charge in [0.25, 0.3) is 0 Å². The van der Waals surface area contributed by atoms with E-state index < -0.39 is 0 Å². The lowest BCUT2D eigenvalue weighted by atomic mass is 10.1. The molecule has 0 bridgehead atoms. The zero-order chi connectivity index (χ0) is 18.4. The number of halogens is 1. The van der Waals surface area contributed by atoms with Crippen LogP contribution in [0.3, 0.4) is 0 Å². The van der Waals surface area contributed by atoms with Gasteiger partial charge in [0.05, 0.1) is 6.10 Å². The summed E-state index contributed by atoms with van der Waals surface area (Å²) in [7, 11) is 1.78. The average molecular weight is 374 g/mol. The number of nitrogens with one attached hydrogen (secondary N) is 2. The van der Waals surface area contributed by atoms with Crippen LogP contribution in [0.4, 0.5) is 16.2 Å². The van der Waals surface area contributed by atoms with E-state index in [2.05, 4.69) is 15.5 Å². The molecule has 0 aromatic heterocycles. The SMILES string of the molecule is COC1CCN(c2ccc(NC(=O)NCc3ccc(Cl)cc3)cc2)CC1. The van der Waals surface area contributed by atoms with Crippen LogP contribution >= 0.6 is 11.6 Å². The highest BCUT2D eigenvalue weighted by Crippen LogP contribution is 2.23. The number of benzene rings is 2. The van der Waals surface area contributed by atoms with E-state index in [1.165, 1.54) is 5.69 Å². The standard InChI is InChI=1S/C20H24ClN3O2/c1-26-19-10-12-24(13-11-19)18-8-6-17(7-9-18)23-20(25)22-14-15-2-4-16(21)5-3-15/h2-9,19H,10-14H2,1H3,(H2,22,23,25). The van der Waals surface area contributed by atoms with Crippen molar-refractivity contribution < 1.29 is 9.53 Å². The number of carbonyl (C=O) groups is 1. The largest absolute Gasteiger partial charge is 0.381 e. The molecule has 0 aliphatic carbocycles. The first-order valence-corrected chi connectivity index (χ1v) is 9.19. The van der Waals surface area contributed by atoms with Crippen molar-refractivity contribution in [3.8, 4) is 0 Å². The molecule has 3 rings (SSSR count). The minimum atomic E-state index is -0.228. The monoisotopic (exact) mass is 373 g/mol. The topological polar surface area (TPSA) is 53.6 Å². The van der Waals surface area contributed by atoms with Crippen molar-refractivity contribution >= 4 is 29.0 Å². The molecular weight excluding hydrogens is 350 g/mol. The smallest absolute Gasteiger partial charge is 0.319 e. The molecule has 0 unspecified atom stereocenters. The lowest BCUT2D eigenvalue weighted by Crippen LogP contribution is -2.36. The van der Waals surface area contributed by atoms with Gasteiger partial charge in [0.1, 0.15) is 0 Å². The van der Waals surface area contributed by atoms with Crippen molar-refractivity contribution in [2.24, 2.45) is 0 Å². The number of hydrogen-bond donors (Lipinski definition) is 2. The Bertz CT molecular complexity index is 711. The quantitative estimate of drug-likeness (QED) is 0.822. The molecule has 1 aliphatic heterocycles. The maximum atomic E-state index is 12.0. The number of urea groups is 1. The first-order chi connectivity index (χ1) is 12.6. The molecule has 0 atom stereocenters. The van der Waals surface area contributed by atoms with Crippen LogP contribution in [0.5, 0.6) is 0 Å². The van der Waals surface area contributed by atoms with Gasteiger partial charge in [-0.05, 0) is 54.8 Å². The number of anilines is 2. The van der Waals surface area contributed by atoms with E-state index in [1.807, 2.05) is 48.5 Å². The third kappa shape index (κ3) is 5.13. The van der Waals surface area contributed by atoms with Crippen LogP contribution in [-0.4, -0.2) is 32.3 Å². The Hall–Kier alpha value is -2.24. The van der Waals surface area contributed by atoms with E-state index in [1.54, 1.807) is 7.11 Å². The molecule has 2 amide bonds. The molecular formula is C20H24ClN3O2. The Morgan fingerprint density at radius 1 is 1.12 bits per heavy atom. The highest BCUT2D eigenvalue weighted by Gasteiger charge is 2.18. The number of amides is 2. The molecule has 1 aliphatic rings. The van der Waals surface area contributed by atoms with Gasteiger partial charge in [-0.2, -0.15) is 0 Å². The summed E-state index contributed by atoms with van der Waals surface area (Å²) >= 11 is 5.86. The Morgan fingerprint density at radius 2 is 1.77 bits per heavy atom. The summed E-state index contributed by atoms with van der Waals surface area (Å²) in [4.78, 5) is 14.4. The zero-order valence-electron chi connectivity index (χ0n) is 14.9. The minimum Gasteiger partial charge on any atom is -0.381 e. The lowest BCUT2D eigenvalue weighted by molar-refractivity contribution is 0.0819. The van der Waals surface area contributed by atoms with E-state index in [9.17, 15) is 4.79 Å². The van der Waals surface area contributed by atoms with Crippen molar-refractivity contribution in [3.63, 3.8) is 0 Å². The summed E-state index contributed by atoms with van der Waals surface area (Å²) in [6, 6.07) is 15.1. The molecule has 26 heavy (non-hydrogen) atoms. The van der Waals surface area contributed by atoms with E-state index in [4.69, 9.17) is 16.3 Å². The van der Waals surface area contributed by atoms with Crippen molar-refractivity contribution in [1.82, 2.24) is 5.32 Å². The molecule has 1 heterocycles. The fourth-order valence-corrected chi connectivity index (χ4v) is 3.19. The normalized spacial score (nSPS) is 14.9. The molecule has 1 fully saturated rings. The van der Waals surface area contributed by atoms with Gasteiger partial charge in [0, 0.05) is 43.1 Å². The molecule has 0 radical (unpaired) electrons. The van der Waals surface area contributed by atoms with Crippen LogP contribution in [-0.2, 0) is 11.3 Å². The van der Waals surface area contributed by atoms with Crippen LogP contribution in [0.2, 0.25) is 5.02 Å². The fraction of sp³-hybridized carbons (Fsp3) is 0.350. The van der Waals surface area contributed by atoms with E-state index in [0.29, 0.717) is 17.7 Å². The van der Waals surface area contributed by atoms with Crippen LogP contribution < -0.4 is 15.5 Å². The number of ether oxygens (including phenoxy) is 1. The number of carbonyl (C=O) groups excluding carboxylic acids is 1. The molecule has 0 spiro atoms. The summed E-state index contributed by atoms with van der Waals surface area (Å²) in [5.41, 5.74) is 2.94. The summed E-state index contributed by atoms with van der Waals surface area (Å²) in [6.07, 6.45) is 2.46. The van der Waals surface area contributed by atoms with Gasteiger partial charge in [0.15, 0.2) is 0 Å². The lowest BCUT2D eigenvalue weighted by Gasteiger charge is -2.33. The third-order valence-corrected chi connectivity index (χ3v) is 4.88. The number of nitrogens with zero attached hydrogens (tertiary/aromatic N) is 1. The minimum absolute atomic E-state index is 0.228. The number of rotatable bonds is 5. The summed E-state index contributed by atoms with van der Waals surface area (Å²) in [5.74, 6) is 0. The zero-order valence-corrected chi connectivity index (χ0v) is 15.6. The van der Waals surface area contributed by atoms with Crippen molar-refractivity contribution in [1.29, 1.82) is 0 Å². The Labute approximate surface area is 159 Å². The third-order valence-electron chi connectivity index (χ3n) is 4.63. The van der Waals surface area contributed by atoms with Crippen LogP contribution in [0.1, 0.15) is 18.4 Å². The second-order valence-corrected chi connectivity index (χ2v) is 6.84. The van der Waals surface area contributed by atoms with Crippen LogP contribution in [0.25, 0.3) is 0 Å². The summed E-state index contributed by atoms with van der Waals surface area (Å²) < 4.78 is 5.41. The molecule has 138 valence electrons. The summed E-state index contributed by atoms with van der Waals surface area (Å²) in [5, 5.41) is 6.38. The molecule has 6 heteroatoms. The van der Waals surface area contributed by atoms with Gasteiger partial charge in [-0.1, -0.05) is 23.7 Å². The molecule has 2 N–H and O–H groups in total. The molecule has 0 saturated carbocycles. The van der Waals surface area contributed by atoms with Gasteiger partial charge in [-0.3, -0.25) is 0 Å². The molecule has 2 aromatic carbocycles. The predicted octanol–water partition coefficient (Wildman–Crippen LogP) is 4.28. The second kappa shape index (κ2) is 8.92. The Morgan fingerprint density at radius 3 is 2.38 bits per heavy atom. The van der Waals surface area contributed by atoms with Gasteiger partial charge in [0.2, 0.25) is 0 Å². The number of methoxy groups -OCH3 is 1. The maximum absolute atomic E-state index is 12.0. The first-order valence-electron chi connectivity index (χ1n) is 8.81. The van der Waals surface area contributed by atoms with Crippen LogP contribution in [0, 0.1) is 0 Å². The first kappa shape index (κ1) is 18.5. The van der Waals surface area contributed by atoms with Crippen molar-refractivity contribution in [2.75, 3.05) is 30.4 Å². The van der Waals surface area contributed by atoms with E-state index >= 15 is 0 Å². The van der Waals surface area contributed by atoms with E-state index in [0.717, 1.165) is 37.2 Å². The highest BCUT2D eigenvalue weighted by molar-refractivity contribution is 6.30. The Balaban J connectivity index is 1.47. The summed E-state index contributed by atoms with van der Waals surface area (Å²) in [6.45, 7) is 2.44. The van der Waals surface area contributed by atoms with E-state index in [-0.39, 0.29) is 6.03 Å². The molecule has 2 aromatic rings. The average Bonchev–Trinajstić information content (AvgIpc) is 2.68. The van der Waals surface area contributed by atoms with Crippen LogP contribution in [0.15, 0.2) is 48.5 Å². The Kier molecular flexibility index (Phi) is 6.36. The highest BCUT2D eigenvalue weighted by atomic mass is 35.5. The number of hydrogen-bond acceptors (Lipinski definition) is 3. The van der Waals surface area contributed by atoms with Gasteiger partial charge in [-0.15, -0.1) is 0 Å². The van der Waals surface area contributed by atoms with Crippen molar-refractivity contribution in [3.05, 3.63) is 59.1 Å². The molecule has 1 saturated heterocycles. The number of piperidine rings is 1. The van der Waals surface area contributed by atoms with Gasteiger partial charge < -0.3 is 20.3 Å². The van der Waals surface area contributed by atoms with Gasteiger partial charge in [-0.25, -0.2) is 4.79 Å². The van der Waals surface area contributed by atoms with Gasteiger partial charge >= 0.3 is 6.03 Å².